The van der Waals surface area contributed by atoms with Crippen molar-refractivity contribution >= 4 is 27.3 Å². The second-order valence-electron chi connectivity index (χ2n) is 5.62. The molecule has 1 atom stereocenters. The smallest absolute Gasteiger partial charge is 0.251 e. The van der Waals surface area contributed by atoms with E-state index in [1.807, 2.05) is 31.2 Å². The van der Waals surface area contributed by atoms with Gasteiger partial charge in [-0.25, -0.2) is 8.42 Å². The van der Waals surface area contributed by atoms with E-state index in [2.05, 4.69) is 5.32 Å². The summed E-state index contributed by atoms with van der Waals surface area (Å²) < 4.78 is 28.7. The van der Waals surface area contributed by atoms with E-state index in [1.54, 1.807) is 7.11 Å². The molecule has 25 heavy (non-hydrogen) atoms. The van der Waals surface area contributed by atoms with E-state index in [1.165, 1.54) is 18.2 Å². The van der Waals surface area contributed by atoms with Gasteiger partial charge in [-0.1, -0.05) is 30.7 Å². The first-order chi connectivity index (χ1) is 11.8. The van der Waals surface area contributed by atoms with Crippen LogP contribution in [0.15, 0.2) is 47.4 Å². The van der Waals surface area contributed by atoms with Crippen LogP contribution in [0.2, 0.25) is 5.02 Å². The maximum atomic E-state index is 12.5. The number of methoxy groups -OCH3 is 1. The number of sulfone groups is 1. The highest BCUT2D eigenvalue weighted by Crippen LogP contribution is 2.24. The van der Waals surface area contributed by atoms with E-state index >= 15 is 0 Å². The second-order valence-corrected chi connectivity index (χ2v) is 8.02. The molecule has 0 bridgehead atoms. The lowest BCUT2D eigenvalue weighted by molar-refractivity contribution is 0.0935. The molecule has 0 aliphatic carbocycles. The summed E-state index contributed by atoms with van der Waals surface area (Å²) in [7, 11) is -1.92. The number of ether oxygens (including phenoxy) is 1. The molecule has 2 rings (SSSR count). The van der Waals surface area contributed by atoms with E-state index in [9.17, 15) is 13.2 Å². The molecule has 0 saturated carbocycles. The van der Waals surface area contributed by atoms with Crippen LogP contribution in [0, 0.1) is 0 Å². The predicted molar refractivity (Wildman–Crippen MR) is 98.1 cm³/mol. The molecule has 134 valence electrons. The first kappa shape index (κ1) is 19.3. The lowest BCUT2D eigenvalue weighted by atomic mass is 10.0. The van der Waals surface area contributed by atoms with E-state index < -0.39 is 9.84 Å². The lowest BCUT2D eigenvalue weighted by Crippen LogP contribution is -2.28. The van der Waals surface area contributed by atoms with Crippen LogP contribution < -0.4 is 10.1 Å². The minimum absolute atomic E-state index is 0.0562. The standard InChI is InChI=1S/C18H20ClNO4S/c1-4-16(12-5-8-14(24-2)9-6-12)20-18(21)13-7-10-15(19)17(11-13)25(3,22)23/h5-11,16H,4H2,1-3H3,(H,20,21). The summed E-state index contributed by atoms with van der Waals surface area (Å²) >= 11 is 5.92. The van der Waals surface area contributed by atoms with Gasteiger partial charge in [0.1, 0.15) is 5.75 Å². The van der Waals surface area contributed by atoms with Crippen molar-refractivity contribution in [3.05, 3.63) is 58.6 Å². The zero-order chi connectivity index (χ0) is 18.6. The number of hydrogen-bond acceptors (Lipinski definition) is 4. The Morgan fingerprint density at radius 1 is 1.20 bits per heavy atom. The quantitative estimate of drug-likeness (QED) is 0.829. The van der Waals surface area contributed by atoms with Crippen LogP contribution in [0.3, 0.4) is 0 Å². The second kappa shape index (κ2) is 7.89. The number of carbonyl (C=O) groups excluding carboxylic acids is 1. The van der Waals surface area contributed by atoms with Gasteiger partial charge in [0, 0.05) is 11.8 Å². The van der Waals surface area contributed by atoms with Gasteiger partial charge in [0.15, 0.2) is 9.84 Å². The van der Waals surface area contributed by atoms with Gasteiger partial charge in [0.05, 0.1) is 23.1 Å². The normalized spacial score (nSPS) is 12.5. The zero-order valence-electron chi connectivity index (χ0n) is 14.2. The molecule has 0 spiro atoms. The Labute approximate surface area is 152 Å². The fraction of sp³-hybridized carbons (Fsp3) is 0.278. The van der Waals surface area contributed by atoms with Gasteiger partial charge in [0.25, 0.3) is 5.91 Å². The molecule has 7 heteroatoms. The minimum atomic E-state index is -3.51. The SMILES string of the molecule is CCC(NC(=O)c1ccc(Cl)c(S(C)(=O)=O)c1)c1ccc(OC)cc1. The average Bonchev–Trinajstić information content (AvgIpc) is 2.59. The van der Waals surface area contributed by atoms with Gasteiger partial charge in [-0.05, 0) is 42.3 Å². The van der Waals surface area contributed by atoms with Crippen LogP contribution in [0.1, 0.15) is 35.3 Å². The maximum Gasteiger partial charge on any atom is 0.251 e. The summed E-state index contributed by atoms with van der Waals surface area (Å²) in [5.41, 5.74) is 1.19. The topological polar surface area (TPSA) is 72.5 Å². The third-order valence-corrected chi connectivity index (χ3v) is 5.40. The van der Waals surface area contributed by atoms with Crippen molar-refractivity contribution in [1.29, 1.82) is 0 Å². The molecule has 2 aromatic rings. The maximum absolute atomic E-state index is 12.5. The van der Waals surface area contributed by atoms with Gasteiger partial charge in [-0.2, -0.15) is 0 Å². The lowest BCUT2D eigenvalue weighted by Gasteiger charge is -2.18. The van der Waals surface area contributed by atoms with Crippen molar-refractivity contribution in [3.63, 3.8) is 0 Å². The Hall–Kier alpha value is -2.05. The molecule has 0 fully saturated rings. The number of amides is 1. The third-order valence-electron chi connectivity index (χ3n) is 3.82. The van der Waals surface area contributed by atoms with Gasteiger partial charge in [-0.3, -0.25) is 4.79 Å². The van der Waals surface area contributed by atoms with Crippen molar-refractivity contribution < 1.29 is 17.9 Å². The molecular weight excluding hydrogens is 362 g/mol. The Bertz CT molecular complexity index is 863. The summed E-state index contributed by atoms with van der Waals surface area (Å²) in [4.78, 5) is 12.5. The van der Waals surface area contributed by atoms with Crippen molar-refractivity contribution in [3.8, 4) is 5.75 Å². The predicted octanol–water partition coefficient (Wildman–Crippen LogP) is 3.63. The van der Waals surface area contributed by atoms with Crippen molar-refractivity contribution in [1.82, 2.24) is 5.32 Å². The Morgan fingerprint density at radius 2 is 1.84 bits per heavy atom. The third kappa shape index (κ3) is 4.74. The largest absolute Gasteiger partial charge is 0.497 e. The van der Waals surface area contributed by atoms with Crippen molar-refractivity contribution in [2.24, 2.45) is 0 Å². The highest BCUT2D eigenvalue weighted by Gasteiger charge is 2.18. The molecule has 0 aromatic heterocycles. The first-order valence-electron chi connectivity index (χ1n) is 7.70. The molecule has 1 unspecified atom stereocenters. The highest BCUT2D eigenvalue weighted by atomic mass is 35.5. The summed E-state index contributed by atoms with van der Waals surface area (Å²) in [5.74, 6) is 0.379. The van der Waals surface area contributed by atoms with E-state index in [-0.39, 0.29) is 27.4 Å². The molecule has 0 radical (unpaired) electrons. The van der Waals surface area contributed by atoms with Crippen LogP contribution in [0.5, 0.6) is 5.75 Å². The molecule has 1 N–H and O–H groups in total. The summed E-state index contributed by atoms with van der Waals surface area (Å²) in [6.07, 6.45) is 1.74. The van der Waals surface area contributed by atoms with Crippen LogP contribution in [0.4, 0.5) is 0 Å². The number of rotatable bonds is 6. The molecule has 2 aromatic carbocycles. The highest BCUT2D eigenvalue weighted by molar-refractivity contribution is 7.90. The molecule has 0 aliphatic heterocycles. The van der Waals surface area contributed by atoms with E-state index in [4.69, 9.17) is 16.3 Å². The Morgan fingerprint density at radius 3 is 2.36 bits per heavy atom. The zero-order valence-corrected chi connectivity index (χ0v) is 15.8. The van der Waals surface area contributed by atoms with Crippen LogP contribution in [0.25, 0.3) is 0 Å². The minimum Gasteiger partial charge on any atom is -0.497 e. The van der Waals surface area contributed by atoms with Crippen LogP contribution in [-0.4, -0.2) is 27.7 Å². The molecular formula is C18H20ClNO4S. The first-order valence-corrected chi connectivity index (χ1v) is 9.97. The Kier molecular flexibility index (Phi) is 6.08. The van der Waals surface area contributed by atoms with Crippen LogP contribution in [-0.2, 0) is 9.84 Å². The summed E-state index contributed by atoms with van der Waals surface area (Å²) in [5, 5.41) is 3.02. The van der Waals surface area contributed by atoms with Gasteiger partial charge < -0.3 is 10.1 Å². The van der Waals surface area contributed by atoms with Gasteiger partial charge in [0.2, 0.25) is 0 Å². The molecule has 0 saturated heterocycles. The molecule has 1 amide bonds. The molecule has 5 nitrogen and oxygen atoms in total. The monoisotopic (exact) mass is 381 g/mol. The van der Waals surface area contributed by atoms with E-state index in [0.29, 0.717) is 6.42 Å². The fourth-order valence-corrected chi connectivity index (χ4v) is 3.73. The number of halogens is 1. The number of hydrogen-bond donors (Lipinski definition) is 1. The van der Waals surface area contributed by atoms with Crippen LogP contribution >= 0.6 is 11.6 Å². The van der Waals surface area contributed by atoms with E-state index in [0.717, 1.165) is 17.6 Å². The summed E-state index contributed by atoms with van der Waals surface area (Å²) in [6.45, 7) is 1.96. The Balaban J connectivity index is 2.25. The average molecular weight is 382 g/mol. The van der Waals surface area contributed by atoms with Crippen molar-refractivity contribution in [2.45, 2.75) is 24.3 Å². The van der Waals surface area contributed by atoms with Crippen molar-refractivity contribution in [2.75, 3.05) is 13.4 Å². The molecule has 0 heterocycles. The number of benzene rings is 2. The van der Waals surface area contributed by atoms with Gasteiger partial charge >= 0.3 is 0 Å². The fourth-order valence-electron chi connectivity index (χ4n) is 2.43. The molecule has 0 aliphatic rings. The number of nitrogens with one attached hydrogen (secondary N) is 1. The number of carbonyl (C=O) groups is 1. The summed E-state index contributed by atoms with van der Waals surface area (Å²) in [6, 6.07) is 11.5. The van der Waals surface area contributed by atoms with Gasteiger partial charge in [-0.15, -0.1) is 0 Å².